The van der Waals surface area contributed by atoms with Crippen molar-refractivity contribution in [3.8, 4) is 0 Å². The van der Waals surface area contributed by atoms with E-state index in [2.05, 4.69) is 16.9 Å². The van der Waals surface area contributed by atoms with E-state index in [1.165, 1.54) is 4.88 Å². The van der Waals surface area contributed by atoms with Crippen LogP contribution in [0.15, 0.2) is 18.9 Å². The van der Waals surface area contributed by atoms with Crippen LogP contribution in [0.3, 0.4) is 0 Å². The fraction of sp³-hybridized carbons (Fsp3) is 0.545. The molecule has 1 aromatic rings. The molecular formula is C11H18N2OS. The SMILES string of the molecule is C=CCCOCCNCc1cnc(C)s1. The fourth-order valence-corrected chi connectivity index (χ4v) is 1.88. The maximum absolute atomic E-state index is 5.37. The lowest BCUT2D eigenvalue weighted by molar-refractivity contribution is 0.140. The number of hydrogen-bond donors (Lipinski definition) is 1. The molecule has 0 saturated heterocycles. The van der Waals surface area contributed by atoms with E-state index in [-0.39, 0.29) is 0 Å². The summed E-state index contributed by atoms with van der Waals surface area (Å²) < 4.78 is 5.37. The van der Waals surface area contributed by atoms with E-state index in [1.54, 1.807) is 11.3 Å². The molecule has 1 aromatic heterocycles. The minimum Gasteiger partial charge on any atom is -0.380 e. The number of nitrogens with zero attached hydrogens (tertiary/aromatic N) is 1. The zero-order chi connectivity index (χ0) is 10.9. The van der Waals surface area contributed by atoms with Crippen molar-refractivity contribution >= 4 is 11.3 Å². The summed E-state index contributed by atoms with van der Waals surface area (Å²) in [4.78, 5) is 5.47. The summed E-state index contributed by atoms with van der Waals surface area (Å²) in [5.41, 5.74) is 0. The summed E-state index contributed by atoms with van der Waals surface area (Å²) in [5, 5.41) is 4.43. The number of nitrogens with one attached hydrogen (secondary N) is 1. The predicted molar refractivity (Wildman–Crippen MR) is 64.2 cm³/mol. The zero-order valence-corrected chi connectivity index (χ0v) is 9.98. The second-order valence-electron chi connectivity index (χ2n) is 3.21. The number of hydrogen-bond acceptors (Lipinski definition) is 4. The summed E-state index contributed by atoms with van der Waals surface area (Å²) in [6.45, 7) is 8.95. The molecule has 0 fully saturated rings. The minimum atomic E-state index is 0.756. The molecular weight excluding hydrogens is 208 g/mol. The van der Waals surface area contributed by atoms with E-state index < -0.39 is 0 Å². The number of aryl methyl sites for hydroxylation is 1. The monoisotopic (exact) mass is 226 g/mol. The Balaban J connectivity index is 1.95. The molecule has 4 heteroatoms. The highest BCUT2D eigenvalue weighted by Gasteiger charge is 1.96. The predicted octanol–water partition coefficient (Wildman–Crippen LogP) is 2.13. The molecule has 0 amide bonds. The first-order valence-electron chi connectivity index (χ1n) is 5.13. The maximum atomic E-state index is 5.37. The van der Waals surface area contributed by atoms with Crippen LogP contribution in [0.25, 0.3) is 0 Å². The third-order valence-electron chi connectivity index (χ3n) is 1.86. The van der Waals surface area contributed by atoms with Gasteiger partial charge in [0.15, 0.2) is 0 Å². The zero-order valence-electron chi connectivity index (χ0n) is 9.16. The second kappa shape index (κ2) is 7.56. The Kier molecular flexibility index (Phi) is 6.23. The first-order chi connectivity index (χ1) is 7.33. The molecule has 15 heavy (non-hydrogen) atoms. The van der Waals surface area contributed by atoms with Gasteiger partial charge in [0, 0.05) is 24.2 Å². The third kappa shape index (κ3) is 5.67. The molecule has 0 aliphatic heterocycles. The molecule has 0 unspecified atom stereocenters. The van der Waals surface area contributed by atoms with Gasteiger partial charge in [0.1, 0.15) is 0 Å². The van der Waals surface area contributed by atoms with Crippen LogP contribution in [-0.4, -0.2) is 24.7 Å². The van der Waals surface area contributed by atoms with Crippen LogP contribution >= 0.6 is 11.3 Å². The van der Waals surface area contributed by atoms with Gasteiger partial charge in [-0.2, -0.15) is 0 Å². The summed E-state index contributed by atoms with van der Waals surface area (Å²) in [6, 6.07) is 0. The van der Waals surface area contributed by atoms with Crippen molar-refractivity contribution in [2.24, 2.45) is 0 Å². The Morgan fingerprint density at radius 1 is 1.60 bits per heavy atom. The van der Waals surface area contributed by atoms with Gasteiger partial charge in [-0.05, 0) is 13.3 Å². The van der Waals surface area contributed by atoms with Crippen molar-refractivity contribution in [2.75, 3.05) is 19.8 Å². The van der Waals surface area contributed by atoms with Crippen molar-refractivity contribution in [1.82, 2.24) is 10.3 Å². The van der Waals surface area contributed by atoms with E-state index in [4.69, 9.17) is 4.74 Å². The van der Waals surface area contributed by atoms with Crippen molar-refractivity contribution < 1.29 is 4.74 Å². The first-order valence-corrected chi connectivity index (χ1v) is 5.95. The smallest absolute Gasteiger partial charge is 0.0897 e. The molecule has 84 valence electrons. The van der Waals surface area contributed by atoms with Gasteiger partial charge >= 0.3 is 0 Å². The molecule has 0 aliphatic rings. The largest absolute Gasteiger partial charge is 0.380 e. The standard InChI is InChI=1S/C11H18N2OS/c1-3-4-6-14-7-5-12-8-11-9-13-10(2)15-11/h3,9,12H,1,4-8H2,2H3. The number of ether oxygens (including phenoxy) is 1. The molecule has 1 N–H and O–H groups in total. The van der Waals surface area contributed by atoms with Crippen LogP contribution in [0.2, 0.25) is 0 Å². The topological polar surface area (TPSA) is 34.1 Å². The Bertz CT molecular complexity index is 286. The van der Waals surface area contributed by atoms with Gasteiger partial charge in [-0.25, -0.2) is 4.98 Å². The quantitative estimate of drug-likeness (QED) is 0.544. The summed E-state index contributed by atoms with van der Waals surface area (Å²) in [5.74, 6) is 0. The van der Waals surface area contributed by atoms with Crippen LogP contribution in [-0.2, 0) is 11.3 Å². The van der Waals surface area contributed by atoms with Gasteiger partial charge in [0.25, 0.3) is 0 Å². The normalized spacial score (nSPS) is 10.5. The van der Waals surface area contributed by atoms with Crippen molar-refractivity contribution in [2.45, 2.75) is 19.9 Å². The summed E-state index contributed by atoms with van der Waals surface area (Å²) >= 11 is 1.73. The molecule has 0 spiro atoms. The molecule has 3 nitrogen and oxygen atoms in total. The third-order valence-corrected chi connectivity index (χ3v) is 2.77. The molecule has 0 aliphatic carbocycles. The lowest BCUT2D eigenvalue weighted by atomic mass is 10.4. The van der Waals surface area contributed by atoms with E-state index in [0.717, 1.165) is 37.7 Å². The van der Waals surface area contributed by atoms with Crippen LogP contribution < -0.4 is 5.32 Å². The van der Waals surface area contributed by atoms with Gasteiger partial charge in [0.2, 0.25) is 0 Å². The average Bonchev–Trinajstić information content (AvgIpc) is 2.63. The Labute approximate surface area is 95.2 Å². The van der Waals surface area contributed by atoms with Gasteiger partial charge in [0.05, 0.1) is 18.2 Å². The fourth-order valence-electron chi connectivity index (χ4n) is 1.11. The molecule has 1 rings (SSSR count). The highest BCUT2D eigenvalue weighted by molar-refractivity contribution is 7.11. The summed E-state index contributed by atoms with van der Waals surface area (Å²) in [6.07, 6.45) is 4.72. The van der Waals surface area contributed by atoms with Crippen molar-refractivity contribution in [3.63, 3.8) is 0 Å². The van der Waals surface area contributed by atoms with Gasteiger partial charge in [-0.3, -0.25) is 0 Å². The Morgan fingerprint density at radius 3 is 3.13 bits per heavy atom. The van der Waals surface area contributed by atoms with Crippen molar-refractivity contribution in [1.29, 1.82) is 0 Å². The summed E-state index contributed by atoms with van der Waals surface area (Å²) in [7, 11) is 0. The first kappa shape index (κ1) is 12.4. The van der Waals surface area contributed by atoms with Gasteiger partial charge < -0.3 is 10.1 Å². The highest BCUT2D eigenvalue weighted by Crippen LogP contribution is 2.10. The van der Waals surface area contributed by atoms with Crippen LogP contribution in [0.5, 0.6) is 0 Å². The Hall–Kier alpha value is -0.710. The van der Waals surface area contributed by atoms with Crippen LogP contribution in [0, 0.1) is 6.92 Å². The van der Waals surface area contributed by atoms with E-state index in [9.17, 15) is 0 Å². The number of aromatic nitrogens is 1. The molecule has 0 saturated carbocycles. The lowest BCUT2D eigenvalue weighted by Gasteiger charge is -2.03. The molecule has 0 atom stereocenters. The lowest BCUT2D eigenvalue weighted by Crippen LogP contribution is -2.18. The Morgan fingerprint density at radius 2 is 2.47 bits per heavy atom. The van der Waals surface area contributed by atoms with Gasteiger partial charge in [-0.15, -0.1) is 17.9 Å². The molecule has 0 aromatic carbocycles. The number of rotatable bonds is 8. The van der Waals surface area contributed by atoms with Crippen LogP contribution in [0.4, 0.5) is 0 Å². The highest BCUT2D eigenvalue weighted by atomic mass is 32.1. The maximum Gasteiger partial charge on any atom is 0.0897 e. The van der Waals surface area contributed by atoms with Crippen molar-refractivity contribution in [3.05, 3.63) is 28.7 Å². The molecule has 0 radical (unpaired) electrons. The second-order valence-corrected chi connectivity index (χ2v) is 4.53. The minimum absolute atomic E-state index is 0.756. The molecule has 0 bridgehead atoms. The van der Waals surface area contributed by atoms with E-state index in [0.29, 0.717) is 0 Å². The van der Waals surface area contributed by atoms with E-state index in [1.807, 2.05) is 19.2 Å². The van der Waals surface area contributed by atoms with Crippen LogP contribution in [0.1, 0.15) is 16.3 Å². The number of thiazole rings is 1. The van der Waals surface area contributed by atoms with E-state index >= 15 is 0 Å². The van der Waals surface area contributed by atoms with Gasteiger partial charge in [-0.1, -0.05) is 6.08 Å². The molecule has 1 heterocycles. The average molecular weight is 226 g/mol.